The fourth-order valence-electron chi connectivity index (χ4n) is 1.25. The van der Waals surface area contributed by atoms with E-state index in [1.54, 1.807) is 0 Å². The molecule has 0 saturated heterocycles. The molecule has 0 bridgehead atoms. The van der Waals surface area contributed by atoms with Crippen LogP contribution < -0.4 is 5.73 Å². The minimum absolute atomic E-state index is 0. The molecule has 1 rings (SSSR count). The van der Waals surface area contributed by atoms with Crippen LogP contribution in [0.4, 0.5) is 0 Å². The Labute approximate surface area is 65.3 Å². The van der Waals surface area contributed by atoms with E-state index < -0.39 is 0 Å². The minimum atomic E-state index is 0. The van der Waals surface area contributed by atoms with Crippen LogP contribution in [0.2, 0.25) is 0 Å². The van der Waals surface area contributed by atoms with Gasteiger partial charge in [0.15, 0.2) is 0 Å². The summed E-state index contributed by atoms with van der Waals surface area (Å²) >= 11 is 0. The summed E-state index contributed by atoms with van der Waals surface area (Å²) in [5, 5.41) is 0. The summed E-state index contributed by atoms with van der Waals surface area (Å²) in [6, 6.07) is 0. The Hall–Kier alpha value is 0.648. The fraction of sp³-hybridized carbons (Fsp3) is 1.00. The summed E-state index contributed by atoms with van der Waals surface area (Å²) < 4.78 is 0. The van der Waals surface area contributed by atoms with Gasteiger partial charge in [-0.25, -0.2) is 0 Å². The van der Waals surface area contributed by atoms with Crippen molar-refractivity contribution >= 4 is 0 Å². The summed E-state index contributed by atoms with van der Waals surface area (Å²) in [6.45, 7) is 0.917. The Morgan fingerprint density at radius 1 is 1.25 bits per heavy atom. The third-order valence-corrected chi connectivity index (χ3v) is 1.81. The van der Waals surface area contributed by atoms with Crippen molar-refractivity contribution in [3.05, 3.63) is 0 Å². The Balaban J connectivity index is 0.000000490. The molecule has 0 amide bonds. The van der Waals surface area contributed by atoms with Crippen molar-refractivity contribution in [1.82, 2.24) is 0 Å². The molecule has 2 heteroatoms. The van der Waals surface area contributed by atoms with Crippen molar-refractivity contribution in [3.8, 4) is 0 Å². The van der Waals surface area contributed by atoms with Crippen LogP contribution in [-0.4, -0.2) is 6.54 Å². The molecule has 1 aliphatic carbocycles. The van der Waals surface area contributed by atoms with Crippen LogP contribution in [0.3, 0.4) is 0 Å². The molecule has 1 saturated carbocycles. The van der Waals surface area contributed by atoms with E-state index in [9.17, 15) is 0 Å². The average Bonchev–Trinajstić information content (AvgIpc) is 2.14. The molecule has 0 heterocycles. The van der Waals surface area contributed by atoms with Gasteiger partial charge in [-0.1, -0.05) is 12.8 Å². The minimum Gasteiger partial charge on any atom is -0.330 e. The Kier molecular flexibility index (Phi) is 4.89. The molecule has 0 aromatic rings. The van der Waals surface area contributed by atoms with Crippen molar-refractivity contribution in [2.24, 2.45) is 11.7 Å². The van der Waals surface area contributed by atoms with E-state index >= 15 is 0 Å². The van der Waals surface area contributed by atoms with Crippen LogP contribution in [-0.2, 0) is 21.1 Å². The van der Waals surface area contributed by atoms with Crippen molar-refractivity contribution in [2.75, 3.05) is 6.54 Å². The molecule has 0 aromatic heterocycles. The van der Waals surface area contributed by atoms with Gasteiger partial charge in [0.1, 0.15) is 0 Å². The first-order valence-corrected chi connectivity index (χ1v) is 3.13. The van der Waals surface area contributed by atoms with Gasteiger partial charge in [-0.05, 0) is 25.3 Å². The van der Waals surface area contributed by atoms with Crippen LogP contribution >= 0.6 is 0 Å². The van der Waals surface area contributed by atoms with Gasteiger partial charge >= 0.3 is 0 Å². The number of hydrogen-bond donors (Lipinski definition) is 1. The zero-order chi connectivity index (χ0) is 5.11. The zero-order valence-corrected chi connectivity index (χ0v) is 7.28. The van der Waals surface area contributed by atoms with Crippen molar-refractivity contribution in [3.63, 3.8) is 0 Å². The standard InChI is InChI=1S/C6H13N.Pt/c7-5-6-3-1-2-4-6;/h6H,1-5,7H2;. The van der Waals surface area contributed by atoms with Crippen molar-refractivity contribution < 1.29 is 21.1 Å². The maximum Gasteiger partial charge on any atom is 0 e. The van der Waals surface area contributed by atoms with Gasteiger partial charge in [-0.3, -0.25) is 0 Å². The number of rotatable bonds is 1. The van der Waals surface area contributed by atoms with Crippen LogP contribution in [0.1, 0.15) is 25.7 Å². The topological polar surface area (TPSA) is 26.0 Å². The Morgan fingerprint density at radius 3 is 2.00 bits per heavy atom. The van der Waals surface area contributed by atoms with E-state index in [1.165, 1.54) is 25.7 Å². The first-order valence-electron chi connectivity index (χ1n) is 3.13. The van der Waals surface area contributed by atoms with Gasteiger partial charge in [-0.2, -0.15) is 0 Å². The maximum absolute atomic E-state index is 5.43. The van der Waals surface area contributed by atoms with Crippen LogP contribution in [0.5, 0.6) is 0 Å². The molecule has 52 valence electrons. The first kappa shape index (κ1) is 8.65. The van der Waals surface area contributed by atoms with Gasteiger partial charge in [0, 0.05) is 21.1 Å². The molecule has 0 aliphatic heterocycles. The van der Waals surface area contributed by atoms with E-state index in [0.29, 0.717) is 0 Å². The molecule has 1 nitrogen and oxygen atoms in total. The molecule has 1 aliphatic rings. The molecule has 1 fully saturated rings. The Bertz CT molecular complexity index is 50.5. The van der Waals surface area contributed by atoms with Crippen LogP contribution in [0.15, 0.2) is 0 Å². The third kappa shape index (κ3) is 2.28. The monoisotopic (exact) mass is 294 g/mol. The molecule has 0 atom stereocenters. The summed E-state index contributed by atoms with van der Waals surface area (Å²) in [7, 11) is 0. The second-order valence-corrected chi connectivity index (χ2v) is 2.39. The molecule has 8 heavy (non-hydrogen) atoms. The normalized spacial score (nSPS) is 20.6. The summed E-state index contributed by atoms with van der Waals surface area (Å²) in [5.74, 6) is 0.875. The average molecular weight is 294 g/mol. The van der Waals surface area contributed by atoms with E-state index in [1.807, 2.05) is 0 Å². The third-order valence-electron chi connectivity index (χ3n) is 1.81. The molecule has 0 radical (unpaired) electrons. The number of nitrogens with two attached hydrogens (primary N) is 1. The summed E-state index contributed by atoms with van der Waals surface area (Å²) in [5.41, 5.74) is 5.43. The summed E-state index contributed by atoms with van der Waals surface area (Å²) in [4.78, 5) is 0. The smallest absolute Gasteiger partial charge is 0 e. The maximum atomic E-state index is 5.43. The van der Waals surface area contributed by atoms with Crippen molar-refractivity contribution in [1.29, 1.82) is 0 Å². The van der Waals surface area contributed by atoms with Gasteiger partial charge in [0.2, 0.25) is 0 Å². The first-order chi connectivity index (χ1) is 3.43. The largest absolute Gasteiger partial charge is 0.330 e. The molecule has 0 spiro atoms. The molecular weight excluding hydrogens is 281 g/mol. The molecular formula is C6H13NPt. The molecule has 0 aromatic carbocycles. The van der Waals surface area contributed by atoms with Gasteiger partial charge < -0.3 is 5.73 Å². The second kappa shape index (κ2) is 4.52. The van der Waals surface area contributed by atoms with E-state index in [0.717, 1.165) is 12.5 Å². The predicted molar refractivity (Wildman–Crippen MR) is 31.0 cm³/mol. The van der Waals surface area contributed by atoms with Crippen LogP contribution in [0.25, 0.3) is 0 Å². The van der Waals surface area contributed by atoms with Crippen molar-refractivity contribution in [2.45, 2.75) is 25.7 Å². The number of hydrogen-bond acceptors (Lipinski definition) is 1. The van der Waals surface area contributed by atoms with E-state index in [4.69, 9.17) is 5.73 Å². The second-order valence-electron chi connectivity index (χ2n) is 2.39. The Morgan fingerprint density at radius 2 is 1.75 bits per heavy atom. The zero-order valence-electron chi connectivity index (χ0n) is 5.01. The molecule has 0 unspecified atom stereocenters. The fourth-order valence-corrected chi connectivity index (χ4v) is 1.25. The van der Waals surface area contributed by atoms with Gasteiger partial charge in [0.25, 0.3) is 0 Å². The quantitative estimate of drug-likeness (QED) is 0.771. The van der Waals surface area contributed by atoms with Gasteiger partial charge in [0.05, 0.1) is 0 Å². The van der Waals surface area contributed by atoms with Gasteiger partial charge in [-0.15, -0.1) is 0 Å². The van der Waals surface area contributed by atoms with E-state index in [2.05, 4.69) is 0 Å². The predicted octanol–water partition coefficient (Wildman–Crippen LogP) is 1.13. The molecule has 2 N–H and O–H groups in total. The summed E-state index contributed by atoms with van der Waals surface area (Å²) in [6.07, 6.45) is 5.61. The van der Waals surface area contributed by atoms with Crippen LogP contribution in [0, 0.1) is 5.92 Å². The van der Waals surface area contributed by atoms with E-state index in [-0.39, 0.29) is 21.1 Å². The SMILES string of the molecule is NCC1CCCC1.[Pt].